The number of rotatable bonds is 4. The maximum Gasteiger partial charge on any atom is 0.310 e. The molecule has 1 heterocycles. The number of aromatic nitrogens is 1. The summed E-state index contributed by atoms with van der Waals surface area (Å²) in [6.45, 7) is 0.0798. The number of fused-ring (bicyclic) bond motifs is 1. The number of hydrogen-bond acceptors (Lipinski definition) is 3. The number of ether oxygens (including phenoxy) is 1. The molecule has 116 valence electrons. The third-order valence-corrected chi connectivity index (χ3v) is 4.00. The predicted molar refractivity (Wildman–Crippen MR) is 91.7 cm³/mol. The maximum atomic E-state index is 12.0. The van der Waals surface area contributed by atoms with Crippen LogP contribution in [0.15, 0.2) is 54.7 Å². The summed E-state index contributed by atoms with van der Waals surface area (Å²) in [5, 5.41) is 1.92. The Morgan fingerprint density at radius 2 is 1.87 bits per heavy atom. The van der Waals surface area contributed by atoms with Gasteiger partial charge in [-0.25, -0.2) is 0 Å². The van der Waals surface area contributed by atoms with Crippen molar-refractivity contribution in [2.24, 2.45) is 0 Å². The molecule has 0 N–H and O–H groups in total. The monoisotopic (exact) mass is 345 g/mol. The molecule has 0 aliphatic heterocycles. The molecule has 0 aliphatic carbocycles. The fraction of sp³-hybridized carbons (Fsp3) is 0.111. The Labute approximate surface area is 143 Å². The average Bonchev–Trinajstić information content (AvgIpc) is 2.55. The molecular weight excluding hydrogens is 333 g/mol. The standard InChI is InChI=1S/C18H13Cl2NO2/c19-14-9-13-6-7-16(20)15(18(13)21-10-14)11-23-17(22)8-12-4-2-1-3-5-12/h1-7,9-10H,8,11H2. The first-order valence-electron chi connectivity index (χ1n) is 7.05. The summed E-state index contributed by atoms with van der Waals surface area (Å²) in [5.41, 5.74) is 2.28. The third-order valence-electron chi connectivity index (χ3n) is 3.44. The second-order valence-electron chi connectivity index (χ2n) is 5.07. The van der Waals surface area contributed by atoms with Crippen molar-refractivity contribution in [3.8, 4) is 0 Å². The number of nitrogens with zero attached hydrogens (tertiary/aromatic N) is 1. The van der Waals surface area contributed by atoms with Crippen LogP contribution in [-0.4, -0.2) is 11.0 Å². The maximum absolute atomic E-state index is 12.0. The summed E-state index contributed by atoms with van der Waals surface area (Å²) in [7, 11) is 0. The van der Waals surface area contributed by atoms with Gasteiger partial charge in [0.05, 0.1) is 17.0 Å². The fourth-order valence-corrected chi connectivity index (χ4v) is 2.69. The molecule has 2 aromatic carbocycles. The van der Waals surface area contributed by atoms with Crippen molar-refractivity contribution >= 4 is 40.1 Å². The summed E-state index contributed by atoms with van der Waals surface area (Å²) < 4.78 is 5.35. The van der Waals surface area contributed by atoms with E-state index in [1.807, 2.05) is 36.4 Å². The van der Waals surface area contributed by atoms with Gasteiger partial charge < -0.3 is 4.74 Å². The highest BCUT2D eigenvalue weighted by Gasteiger charge is 2.11. The van der Waals surface area contributed by atoms with Crippen molar-refractivity contribution in [1.29, 1.82) is 0 Å². The van der Waals surface area contributed by atoms with Crippen LogP contribution in [-0.2, 0) is 22.6 Å². The van der Waals surface area contributed by atoms with Gasteiger partial charge >= 0.3 is 5.97 Å². The number of carbonyl (C=O) groups is 1. The zero-order valence-corrected chi connectivity index (χ0v) is 13.6. The van der Waals surface area contributed by atoms with E-state index < -0.39 is 0 Å². The number of esters is 1. The Bertz CT molecular complexity index is 850. The van der Waals surface area contributed by atoms with Crippen molar-refractivity contribution in [1.82, 2.24) is 4.98 Å². The lowest BCUT2D eigenvalue weighted by atomic mass is 10.1. The third kappa shape index (κ3) is 3.81. The molecule has 1 aromatic heterocycles. The zero-order chi connectivity index (χ0) is 16.2. The summed E-state index contributed by atoms with van der Waals surface area (Å²) >= 11 is 12.2. The smallest absolute Gasteiger partial charge is 0.310 e. The summed E-state index contributed by atoms with van der Waals surface area (Å²) in [5.74, 6) is -0.307. The molecule has 0 saturated heterocycles. The average molecular weight is 346 g/mol. The fourth-order valence-electron chi connectivity index (χ4n) is 2.31. The number of carbonyl (C=O) groups excluding carboxylic acids is 1. The Kier molecular flexibility index (Phi) is 4.79. The van der Waals surface area contributed by atoms with Gasteiger partial charge in [0.25, 0.3) is 0 Å². The Morgan fingerprint density at radius 3 is 2.65 bits per heavy atom. The highest BCUT2D eigenvalue weighted by atomic mass is 35.5. The number of benzene rings is 2. The molecule has 23 heavy (non-hydrogen) atoms. The normalized spacial score (nSPS) is 10.7. The molecule has 0 amide bonds. The first-order valence-corrected chi connectivity index (χ1v) is 7.81. The molecule has 0 aliphatic rings. The Morgan fingerprint density at radius 1 is 1.09 bits per heavy atom. The van der Waals surface area contributed by atoms with E-state index in [9.17, 15) is 4.79 Å². The summed E-state index contributed by atoms with van der Waals surface area (Å²) in [6.07, 6.45) is 1.78. The van der Waals surface area contributed by atoms with E-state index in [2.05, 4.69) is 4.98 Å². The van der Waals surface area contributed by atoms with E-state index in [1.54, 1.807) is 18.3 Å². The van der Waals surface area contributed by atoms with Crippen molar-refractivity contribution in [2.75, 3.05) is 0 Å². The van der Waals surface area contributed by atoms with Gasteiger partial charge in [0.1, 0.15) is 6.61 Å². The molecule has 3 aromatic rings. The lowest BCUT2D eigenvalue weighted by Gasteiger charge is -2.10. The lowest BCUT2D eigenvalue weighted by Crippen LogP contribution is -2.08. The second-order valence-corrected chi connectivity index (χ2v) is 5.92. The number of hydrogen-bond donors (Lipinski definition) is 0. The molecule has 5 heteroatoms. The minimum Gasteiger partial charge on any atom is -0.460 e. The molecule has 3 nitrogen and oxygen atoms in total. The van der Waals surface area contributed by atoms with Gasteiger partial charge in [-0.05, 0) is 17.7 Å². The highest BCUT2D eigenvalue weighted by molar-refractivity contribution is 6.33. The van der Waals surface area contributed by atoms with Crippen LogP contribution in [0.5, 0.6) is 0 Å². The van der Waals surface area contributed by atoms with Gasteiger partial charge in [0.15, 0.2) is 0 Å². The van der Waals surface area contributed by atoms with Crippen molar-refractivity contribution in [3.05, 3.63) is 75.9 Å². The lowest BCUT2D eigenvalue weighted by molar-refractivity contribution is -0.144. The van der Waals surface area contributed by atoms with Crippen LogP contribution < -0.4 is 0 Å². The van der Waals surface area contributed by atoms with E-state index in [0.717, 1.165) is 10.9 Å². The summed E-state index contributed by atoms with van der Waals surface area (Å²) in [6, 6.07) is 14.8. The molecule has 0 radical (unpaired) electrons. The number of pyridine rings is 1. The van der Waals surface area contributed by atoms with Gasteiger partial charge in [-0.3, -0.25) is 9.78 Å². The second kappa shape index (κ2) is 6.99. The zero-order valence-electron chi connectivity index (χ0n) is 12.1. The van der Waals surface area contributed by atoms with Crippen LogP contribution in [0.2, 0.25) is 10.0 Å². The van der Waals surface area contributed by atoms with Crippen LogP contribution in [0.3, 0.4) is 0 Å². The minimum atomic E-state index is -0.307. The quantitative estimate of drug-likeness (QED) is 0.636. The van der Waals surface area contributed by atoms with Gasteiger partial charge in [0.2, 0.25) is 0 Å². The largest absolute Gasteiger partial charge is 0.460 e. The molecule has 0 bridgehead atoms. The molecule has 0 saturated carbocycles. The van der Waals surface area contributed by atoms with Crippen molar-refractivity contribution in [3.63, 3.8) is 0 Å². The molecule has 0 unspecified atom stereocenters. The highest BCUT2D eigenvalue weighted by Crippen LogP contribution is 2.27. The van der Waals surface area contributed by atoms with E-state index in [0.29, 0.717) is 21.1 Å². The first kappa shape index (κ1) is 15.8. The topological polar surface area (TPSA) is 39.2 Å². The van der Waals surface area contributed by atoms with Crippen LogP contribution in [0.25, 0.3) is 10.9 Å². The van der Waals surface area contributed by atoms with Crippen LogP contribution >= 0.6 is 23.2 Å². The molecule has 0 fully saturated rings. The molecular formula is C18H13Cl2NO2. The van der Waals surface area contributed by atoms with Crippen molar-refractivity contribution in [2.45, 2.75) is 13.0 Å². The van der Waals surface area contributed by atoms with Crippen molar-refractivity contribution < 1.29 is 9.53 Å². The van der Waals surface area contributed by atoms with E-state index in [1.165, 1.54) is 0 Å². The summed E-state index contributed by atoms with van der Waals surface area (Å²) in [4.78, 5) is 16.3. The molecule has 0 atom stereocenters. The first-order chi connectivity index (χ1) is 11.1. The van der Waals surface area contributed by atoms with Crippen LogP contribution in [0.1, 0.15) is 11.1 Å². The van der Waals surface area contributed by atoms with E-state index in [4.69, 9.17) is 27.9 Å². The minimum absolute atomic E-state index is 0.0798. The van der Waals surface area contributed by atoms with Crippen LogP contribution in [0, 0.1) is 0 Å². The van der Waals surface area contributed by atoms with Gasteiger partial charge in [0, 0.05) is 22.2 Å². The SMILES string of the molecule is O=C(Cc1ccccc1)OCc1c(Cl)ccc2cc(Cl)cnc12. The molecule has 0 spiro atoms. The Hall–Kier alpha value is -2.10. The van der Waals surface area contributed by atoms with Gasteiger partial charge in [-0.2, -0.15) is 0 Å². The van der Waals surface area contributed by atoms with Gasteiger partial charge in [-0.1, -0.05) is 59.6 Å². The van der Waals surface area contributed by atoms with Crippen LogP contribution in [0.4, 0.5) is 0 Å². The van der Waals surface area contributed by atoms with E-state index >= 15 is 0 Å². The molecule has 3 rings (SSSR count). The number of halogens is 2. The van der Waals surface area contributed by atoms with Gasteiger partial charge in [-0.15, -0.1) is 0 Å². The predicted octanol–water partition coefficient (Wildman–Crippen LogP) is 4.83. The Balaban J connectivity index is 1.76. The van der Waals surface area contributed by atoms with E-state index in [-0.39, 0.29) is 19.0 Å².